The predicted molar refractivity (Wildman–Crippen MR) is 79.5 cm³/mol. The van der Waals surface area contributed by atoms with Crippen molar-refractivity contribution in [3.63, 3.8) is 0 Å². The molecule has 102 valence electrons. The van der Waals surface area contributed by atoms with Gasteiger partial charge in [-0.15, -0.1) is 11.3 Å². The van der Waals surface area contributed by atoms with Crippen LogP contribution in [-0.4, -0.2) is 24.1 Å². The standard InChI is InChI=1S/C14H25N3S/c1-5-12-13(9-15-10(2)3)18-14(16-12)17(4)11-7-6-8-11/h10-11,15H,5-9H2,1-4H3. The first-order valence-electron chi connectivity index (χ1n) is 7.06. The highest BCUT2D eigenvalue weighted by Crippen LogP contribution is 2.32. The van der Waals surface area contributed by atoms with E-state index in [9.17, 15) is 0 Å². The van der Waals surface area contributed by atoms with Gasteiger partial charge in [0.05, 0.1) is 5.69 Å². The average molecular weight is 267 g/mol. The number of anilines is 1. The van der Waals surface area contributed by atoms with Gasteiger partial charge in [-0.3, -0.25) is 0 Å². The van der Waals surface area contributed by atoms with Crippen molar-refractivity contribution in [3.05, 3.63) is 10.6 Å². The molecule has 0 saturated heterocycles. The Balaban J connectivity index is 2.07. The van der Waals surface area contributed by atoms with Gasteiger partial charge in [0.25, 0.3) is 0 Å². The molecule has 1 aromatic rings. The molecular weight excluding hydrogens is 242 g/mol. The quantitative estimate of drug-likeness (QED) is 0.858. The van der Waals surface area contributed by atoms with E-state index in [4.69, 9.17) is 4.98 Å². The Labute approximate surface area is 115 Å². The van der Waals surface area contributed by atoms with Crippen LogP contribution in [0.25, 0.3) is 0 Å². The van der Waals surface area contributed by atoms with Gasteiger partial charge >= 0.3 is 0 Å². The number of nitrogens with zero attached hydrogens (tertiary/aromatic N) is 2. The van der Waals surface area contributed by atoms with Crippen LogP contribution in [0.2, 0.25) is 0 Å². The van der Waals surface area contributed by atoms with Crippen molar-refractivity contribution in [2.24, 2.45) is 0 Å². The minimum absolute atomic E-state index is 0.532. The molecule has 0 aromatic carbocycles. The van der Waals surface area contributed by atoms with E-state index in [1.165, 1.54) is 35.0 Å². The fourth-order valence-electron chi connectivity index (χ4n) is 2.16. The summed E-state index contributed by atoms with van der Waals surface area (Å²) in [5, 5.41) is 4.70. The molecule has 18 heavy (non-hydrogen) atoms. The Morgan fingerprint density at radius 1 is 1.44 bits per heavy atom. The lowest BCUT2D eigenvalue weighted by Gasteiger charge is -2.34. The van der Waals surface area contributed by atoms with E-state index in [1.54, 1.807) is 0 Å². The first-order chi connectivity index (χ1) is 8.61. The Bertz CT molecular complexity index is 382. The fourth-order valence-corrected chi connectivity index (χ4v) is 3.29. The zero-order valence-electron chi connectivity index (χ0n) is 12.0. The van der Waals surface area contributed by atoms with Crippen molar-refractivity contribution in [1.82, 2.24) is 10.3 Å². The molecule has 3 nitrogen and oxygen atoms in total. The molecular formula is C14H25N3S. The zero-order valence-corrected chi connectivity index (χ0v) is 12.8. The van der Waals surface area contributed by atoms with E-state index < -0.39 is 0 Å². The maximum Gasteiger partial charge on any atom is 0.185 e. The molecule has 0 bridgehead atoms. The van der Waals surface area contributed by atoms with Gasteiger partial charge in [-0.1, -0.05) is 20.8 Å². The lowest BCUT2D eigenvalue weighted by Crippen LogP contribution is -2.37. The van der Waals surface area contributed by atoms with E-state index >= 15 is 0 Å². The molecule has 1 saturated carbocycles. The average Bonchev–Trinajstić information content (AvgIpc) is 2.67. The second-order valence-electron chi connectivity index (χ2n) is 5.45. The third-order valence-electron chi connectivity index (χ3n) is 3.70. The maximum absolute atomic E-state index is 4.81. The van der Waals surface area contributed by atoms with E-state index in [2.05, 4.69) is 38.0 Å². The summed E-state index contributed by atoms with van der Waals surface area (Å²) in [6.07, 6.45) is 5.07. The fraction of sp³-hybridized carbons (Fsp3) is 0.786. The van der Waals surface area contributed by atoms with Crippen LogP contribution < -0.4 is 10.2 Å². The molecule has 4 heteroatoms. The summed E-state index contributed by atoms with van der Waals surface area (Å²) in [6, 6.07) is 1.26. The van der Waals surface area contributed by atoms with Gasteiger partial charge in [0, 0.05) is 30.6 Å². The van der Waals surface area contributed by atoms with Crippen LogP contribution in [0.3, 0.4) is 0 Å². The molecule has 2 rings (SSSR count). The Morgan fingerprint density at radius 3 is 2.67 bits per heavy atom. The van der Waals surface area contributed by atoms with Crippen molar-refractivity contribution >= 4 is 16.5 Å². The second kappa shape index (κ2) is 6.02. The van der Waals surface area contributed by atoms with Crippen LogP contribution in [-0.2, 0) is 13.0 Å². The number of hydrogen-bond acceptors (Lipinski definition) is 4. The Morgan fingerprint density at radius 2 is 2.17 bits per heavy atom. The number of thiazole rings is 1. The molecule has 1 aromatic heterocycles. The largest absolute Gasteiger partial charge is 0.348 e. The first-order valence-corrected chi connectivity index (χ1v) is 7.88. The summed E-state index contributed by atoms with van der Waals surface area (Å²) in [5.74, 6) is 0. The Hall–Kier alpha value is -0.610. The summed E-state index contributed by atoms with van der Waals surface area (Å²) in [6.45, 7) is 7.53. The van der Waals surface area contributed by atoms with E-state index in [0.29, 0.717) is 6.04 Å². The first kappa shape index (κ1) is 13.8. The maximum atomic E-state index is 4.81. The van der Waals surface area contributed by atoms with Gasteiger partial charge in [-0.05, 0) is 25.7 Å². The summed E-state index contributed by atoms with van der Waals surface area (Å²) in [5.41, 5.74) is 1.27. The van der Waals surface area contributed by atoms with Crippen molar-refractivity contribution in [2.45, 2.75) is 65.1 Å². The summed E-state index contributed by atoms with van der Waals surface area (Å²) < 4.78 is 0. The summed E-state index contributed by atoms with van der Waals surface area (Å²) >= 11 is 1.86. The number of nitrogens with one attached hydrogen (secondary N) is 1. The monoisotopic (exact) mass is 267 g/mol. The molecule has 0 atom stereocenters. The third kappa shape index (κ3) is 3.04. The van der Waals surface area contributed by atoms with Gasteiger partial charge in [0.2, 0.25) is 0 Å². The molecule has 0 amide bonds. The summed E-state index contributed by atoms with van der Waals surface area (Å²) in [7, 11) is 2.20. The predicted octanol–water partition coefficient (Wildman–Crippen LogP) is 3.19. The van der Waals surface area contributed by atoms with Crippen molar-refractivity contribution < 1.29 is 0 Å². The molecule has 0 unspecified atom stereocenters. The van der Waals surface area contributed by atoms with Gasteiger partial charge in [0.15, 0.2) is 5.13 Å². The molecule has 1 N–H and O–H groups in total. The van der Waals surface area contributed by atoms with Gasteiger partial charge in [-0.2, -0.15) is 0 Å². The topological polar surface area (TPSA) is 28.2 Å². The van der Waals surface area contributed by atoms with Gasteiger partial charge < -0.3 is 10.2 Å². The second-order valence-corrected chi connectivity index (χ2v) is 6.51. The van der Waals surface area contributed by atoms with Crippen LogP contribution in [0.4, 0.5) is 5.13 Å². The van der Waals surface area contributed by atoms with Crippen molar-refractivity contribution in [3.8, 4) is 0 Å². The minimum atomic E-state index is 0.532. The normalized spacial score (nSPS) is 16.1. The van der Waals surface area contributed by atoms with E-state index in [1.807, 2.05) is 11.3 Å². The molecule has 1 aliphatic carbocycles. The SMILES string of the molecule is CCc1nc(N(C)C2CCC2)sc1CNC(C)C. The zero-order chi connectivity index (χ0) is 13.1. The van der Waals surface area contributed by atoms with Crippen LogP contribution in [0.5, 0.6) is 0 Å². The lowest BCUT2D eigenvalue weighted by atomic mass is 9.92. The Kier molecular flexibility index (Phi) is 4.62. The van der Waals surface area contributed by atoms with Crippen LogP contribution in [0, 0.1) is 0 Å². The number of aryl methyl sites for hydroxylation is 1. The van der Waals surface area contributed by atoms with Crippen LogP contribution in [0.15, 0.2) is 0 Å². The molecule has 0 radical (unpaired) electrons. The lowest BCUT2D eigenvalue weighted by molar-refractivity contribution is 0.401. The van der Waals surface area contributed by atoms with Gasteiger partial charge in [-0.25, -0.2) is 4.98 Å². The highest BCUT2D eigenvalue weighted by molar-refractivity contribution is 7.15. The smallest absolute Gasteiger partial charge is 0.185 e. The number of rotatable bonds is 6. The molecule has 0 aliphatic heterocycles. The molecule has 0 spiro atoms. The van der Waals surface area contributed by atoms with Gasteiger partial charge in [0.1, 0.15) is 0 Å². The van der Waals surface area contributed by atoms with Crippen molar-refractivity contribution in [2.75, 3.05) is 11.9 Å². The van der Waals surface area contributed by atoms with E-state index in [-0.39, 0.29) is 0 Å². The highest BCUT2D eigenvalue weighted by atomic mass is 32.1. The van der Waals surface area contributed by atoms with Crippen LogP contribution >= 0.6 is 11.3 Å². The third-order valence-corrected chi connectivity index (χ3v) is 4.89. The number of aromatic nitrogens is 1. The van der Waals surface area contributed by atoms with Crippen molar-refractivity contribution in [1.29, 1.82) is 0 Å². The van der Waals surface area contributed by atoms with E-state index in [0.717, 1.165) is 19.0 Å². The molecule has 1 heterocycles. The van der Waals surface area contributed by atoms with Crippen LogP contribution in [0.1, 0.15) is 50.6 Å². The number of hydrogen-bond donors (Lipinski definition) is 1. The minimum Gasteiger partial charge on any atom is -0.348 e. The molecule has 1 fully saturated rings. The summed E-state index contributed by atoms with van der Waals surface area (Å²) in [4.78, 5) is 8.60. The highest BCUT2D eigenvalue weighted by Gasteiger charge is 2.25. The molecule has 1 aliphatic rings.